The van der Waals surface area contributed by atoms with Gasteiger partial charge in [-0.15, -0.1) is 11.3 Å². The molecule has 0 spiro atoms. The second-order valence-corrected chi connectivity index (χ2v) is 7.72. The summed E-state index contributed by atoms with van der Waals surface area (Å²) in [5, 5.41) is 13.2. The molecule has 5 heteroatoms. The van der Waals surface area contributed by atoms with Gasteiger partial charge in [0.05, 0.1) is 11.3 Å². The molecule has 1 heterocycles. The number of halogens is 1. The molecular weight excluding hydrogens is 390 g/mol. The molecule has 0 atom stereocenters. The summed E-state index contributed by atoms with van der Waals surface area (Å²) >= 11 is 7.55. The topological polar surface area (TPSA) is 50.2 Å². The Labute approximate surface area is 171 Å². The van der Waals surface area contributed by atoms with Crippen LogP contribution in [0, 0.1) is 6.92 Å². The molecule has 0 aliphatic carbocycles. The van der Waals surface area contributed by atoms with Crippen molar-refractivity contribution in [2.45, 2.75) is 6.92 Å². The third-order valence-corrected chi connectivity index (χ3v) is 5.68. The summed E-state index contributed by atoms with van der Waals surface area (Å²) < 4.78 is 0. The van der Waals surface area contributed by atoms with Crippen molar-refractivity contribution in [1.29, 1.82) is 0 Å². The summed E-state index contributed by atoms with van der Waals surface area (Å²) in [4.78, 5) is 16.6. The van der Waals surface area contributed by atoms with Crippen molar-refractivity contribution < 1.29 is 9.90 Å². The van der Waals surface area contributed by atoms with Crippen LogP contribution in [0.1, 0.15) is 15.9 Å². The highest BCUT2D eigenvalue weighted by Crippen LogP contribution is 2.34. The molecule has 0 aliphatic heterocycles. The number of nitrogens with zero attached hydrogens (tertiary/aromatic N) is 1. The molecule has 0 saturated carbocycles. The standard InChI is InChI=1S/C23H16ClNO2S/c1-14-5-2-3-8-18(14)19-10-9-16(12-20(19)23(26)27)22-25-21(13-28-22)15-6-4-7-17(24)11-15/h2-13H,1H3,(H,26,27). The Bertz CT molecular complexity index is 1180. The third-order valence-electron chi connectivity index (χ3n) is 4.56. The first kappa shape index (κ1) is 18.4. The van der Waals surface area contributed by atoms with Gasteiger partial charge in [0.25, 0.3) is 0 Å². The average Bonchev–Trinajstić information content (AvgIpc) is 3.18. The monoisotopic (exact) mass is 405 g/mol. The van der Waals surface area contributed by atoms with Gasteiger partial charge in [-0.1, -0.05) is 60.1 Å². The van der Waals surface area contributed by atoms with E-state index in [0.717, 1.165) is 33.0 Å². The quantitative estimate of drug-likeness (QED) is 0.406. The fraction of sp³-hybridized carbons (Fsp3) is 0.0435. The molecule has 3 aromatic carbocycles. The number of hydrogen-bond acceptors (Lipinski definition) is 3. The van der Waals surface area contributed by atoms with E-state index in [0.29, 0.717) is 10.6 Å². The van der Waals surface area contributed by atoms with Crippen molar-refractivity contribution in [3.05, 3.63) is 88.3 Å². The minimum atomic E-state index is -0.952. The Balaban J connectivity index is 1.77. The van der Waals surface area contributed by atoms with E-state index in [1.54, 1.807) is 6.07 Å². The highest BCUT2D eigenvalue weighted by molar-refractivity contribution is 7.13. The Morgan fingerprint density at radius 1 is 0.964 bits per heavy atom. The SMILES string of the molecule is Cc1ccccc1-c1ccc(-c2nc(-c3cccc(Cl)c3)cs2)cc1C(=O)O. The molecule has 138 valence electrons. The van der Waals surface area contributed by atoms with Crippen molar-refractivity contribution in [3.8, 4) is 33.0 Å². The van der Waals surface area contributed by atoms with Gasteiger partial charge in [-0.05, 0) is 41.8 Å². The zero-order chi connectivity index (χ0) is 19.7. The first-order chi connectivity index (χ1) is 13.5. The number of aryl methyl sites for hydroxylation is 1. The molecule has 0 amide bonds. The van der Waals surface area contributed by atoms with Crippen LogP contribution in [-0.4, -0.2) is 16.1 Å². The second kappa shape index (κ2) is 7.58. The van der Waals surface area contributed by atoms with Crippen LogP contribution in [0.25, 0.3) is 33.0 Å². The number of benzene rings is 3. The Morgan fingerprint density at radius 3 is 2.54 bits per heavy atom. The number of carboxylic acids is 1. The number of carboxylic acid groups (broad SMARTS) is 1. The van der Waals surface area contributed by atoms with E-state index in [1.807, 2.05) is 73.0 Å². The zero-order valence-electron chi connectivity index (χ0n) is 15.0. The minimum absolute atomic E-state index is 0.270. The maximum atomic E-state index is 11.9. The van der Waals surface area contributed by atoms with Gasteiger partial charge in [0, 0.05) is 21.5 Å². The van der Waals surface area contributed by atoms with Crippen LogP contribution in [0.3, 0.4) is 0 Å². The summed E-state index contributed by atoms with van der Waals surface area (Å²) in [5.41, 5.74) is 5.48. The lowest BCUT2D eigenvalue weighted by Crippen LogP contribution is -2.01. The van der Waals surface area contributed by atoms with E-state index in [4.69, 9.17) is 11.6 Å². The Hall–Kier alpha value is -2.95. The molecule has 1 N–H and O–H groups in total. The molecule has 28 heavy (non-hydrogen) atoms. The maximum absolute atomic E-state index is 11.9. The van der Waals surface area contributed by atoms with Gasteiger partial charge in [0.2, 0.25) is 0 Å². The molecule has 1 aromatic heterocycles. The van der Waals surface area contributed by atoms with E-state index >= 15 is 0 Å². The van der Waals surface area contributed by atoms with Crippen LogP contribution >= 0.6 is 22.9 Å². The van der Waals surface area contributed by atoms with Gasteiger partial charge in [0.1, 0.15) is 5.01 Å². The van der Waals surface area contributed by atoms with Crippen LogP contribution in [0.5, 0.6) is 0 Å². The summed E-state index contributed by atoms with van der Waals surface area (Å²) in [6.07, 6.45) is 0. The Morgan fingerprint density at radius 2 is 1.79 bits per heavy atom. The van der Waals surface area contributed by atoms with Crippen molar-refractivity contribution in [3.63, 3.8) is 0 Å². The van der Waals surface area contributed by atoms with Crippen molar-refractivity contribution >= 4 is 28.9 Å². The highest BCUT2D eigenvalue weighted by atomic mass is 35.5. The number of aromatic carboxylic acids is 1. The van der Waals surface area contributed by atoms with Crippen LogP contribution in [0.2, 0.25) is 5.02 Å². The van der Waals surface area contributed by atoms with E-state index in [2.05, 4.69) is 4.98 Å². The highest BCUT2D eigenvalue weighted by Gasteiger charge is 2.16. The van der Waals surface area contributed by atoms with Gasteiger partial charge in [-0.2, -0.15) is 0 Å². The smallest absolute Gasteiger partial charge is 0.336 e. The molecular formula is C23H16ClNO2S. The minimum Gasteiger partial charge on any atom is -0.478 e. The van der Waals surface area contributed by atoms with Gasteiger partial charge < -0.3 is 5.11 Å². The number of rotatable bonds is 4. The predicted octanol–water partition coefficient (Wildman–Crippen LogP) is 6.80. The van der Waals surface area contributed by atoms with Gasteiger partial charge in [0.15, 0.2) is 0 Å². The van der Waals surface area contributed by atoms with Crippen molar-refractivity contribution in [2.24, 2.45) is 0 Å². The predicted molar refractivity (Wildman–Crippen MR) is 115 cm³/mol. The Kier molecular flexibility index (Phi) is 4.99. The van der Waals surface area contributed by atoms with E-state index in [9.17, 15) is 9.90 Å². The van der Waals surface area contributed by atoms with E-state index in [1.165, 1.54) is 11.3 Å². The maximum Gasteiger partial charge on any atom is 0.336 e. The van der Waals surface area contributed by atoms with Crippen LogP contribution in [0.15, 0.2) is 72.1 Å². The fourth-order valence-corrected chi connectivity index (χ4v) is 4.17. The number of carbonyl (C=O) groups is 1. The molecule has 0 bridgehead atoms. The summed E-state index contributed by atoms with van der Waals surface area (Å²) in [5.74, 6) is -0.952. The lowest BCUT2D eigenvalue weighted by Gasteiger charge is -2.10. The van der Waals surface area contributed by atoms with Crippen LogP contribution < -0.4 is 0 Å². The lowest BCUT2D eigenvalue weighted by atomic mass is 9.94. The first-order valence-electron chi connectivity index (χ1n) is 8.68. The van der Waals surface area contributed by atoms with Crippen LogP contribution in [-0.2, 0) is 0 Å². The largest absolute Gasteiger partial charge is 0.478 e. The third kappa shape index (κ3) is 3.57. The normalized spacial score (nSPS) is 10.8. The number of thiazole rings is 1. The number of aromatic nitrogens is 1. The van der Waals surface area contributed by atoms with Crippen LogP contribution in [0.4, 0.5) is 0 Å². The second-order valence-electron chi connectivity index (χ2n) is 6.43. The molecule has 0 unspecified atom stereocenters. The summed E-state index contributed by atoms with van der Waals surface area (Å²) in [6.45, 7) is 1.98. The van der Waals surface area contributed by atoms with E-state index < -0.39 is 5.97 Å². The molecule has 4 aromatic rings. The van der Waals surface area contributed by atoms with Crippen molar-refractivity contribution in [1.82, 2.24) is 4.98 Å². The number of hydrogen-bond donors (Lipinski definition) is 1. The lowest BCUT2D eigenvalue weighted by molar-refractivity contribution is 0.0698. The van der Waals surface area contributed by atoms with Gasteiger partial charge >= 0.3 is 5.97 Å². The fourth-order valence-electron chi connectivity index (χ4n) is 3.15. The molecule has 0 radical (unpaired) electrons. The molecule has 0 fully saturated rings. The first-order valence-corrected chi connectivity index (χ1v) is 9.94. The molecule has 4 rings (SSSR count). The molecule has 0 aliphatic rings. The molecule has 0 saturated heterocycles. The van der Waals surface area contributed by atoms with Crippen molar-refractivity contribution in [2.75, 3.05) is 0 Å². The van der Waals surface area contributed by atoms with E-state index in [-0.39, 0.29) is 5.56 Å². The summed E-state index contributed by atoms with van der Waals surface area (Å²) in [7, 11) is 0. The summed E-state index contributed by atoms with van der Waals surface area (Å²) in [6, 6.07) is 20.8. The zero-order valence-corrected chi connectivity index (χ0v) is 16.6. The van der Waals surface area contributed by atoms with Gasteiger partial charge in [-0.3, -0.25) is 0 Å². The average molecular weight is 406 g/mol. The molecule has 3 nitrogen and oxygen atoms in total. The van der Waals surface area contributed by atoms with Gasteiger partial charge in [-0.25, -0.2) is 9.78 Å².